The van der Waals surface area contributed by atoms with Crippen molar-refractivity contribution in [1.82, 2.24) is 14.4 Å². The van der Waals surface area contributed by atoms with Gasteiger partial charge in [-0.2, -0.15) is 0 Å². The van der Waals surface area contributed by atoms with Crippen LogP contribution in [0.5, 0.6) is 0 Å². The Morgan fingerprint density at radius 2 is 2.00 bits per heavy atom. The van der Waals surface area contributed by atoms with Crippen LogP contribution in [-0.4, -0.2) is 14.4 Å². The second-order valence-electron chi connectivity index (χ2n) is 4.89. The molecule has 1 aromatic carbocycles. The Morgan fingerprint density at radius 1 is 1.14 bits per heavy atom. The third-order valence-electron chi connectivity index (χ3n) is 3.38. The fourth-order valence-corrected chi connectivity index (χ4v) is 2.33. The first kappa shape index (κ1) is 11.8. The summed E-state index contributed by atoms with van der Waals surface area (Å²) in [5.41, 5.74) is 2.06. The molecule has 0 spiro atoms. The Bertz CT molecular complexity index is 1030. The van der Waals surface area contributed by atoms with E-state index in [0.717, 1.165) is 11.1 Å². The summed E-state index contributed by atoms with van der Waals surface area (Å²) < 4.78 is 7.13. The maximum Gasteiger partial charge on any atom is 0.345 e. The van der Waals surface area contributed by atoms with Gasteiger partial charge in [0.25, 0.3) is 0 Å². The molecule has 0 N–H and O–H groups in total. The van der Waals surface area contributed by atoms with Crippen molar-refractivity contribution in [2.75, 3.05) is 0 Å². The van der Waals surface area contributed by atoms with Gasteiger partial charge in [0.2, 0.25) is 5.78 Å². The fraction of sp³-hybridized carbons (Fsp3) is 0.0625. The van der Waals surface area contributed by atoms with E-state index in [-0.39, 0.29) is 0 Å². The van der Waals surface area contributed by atoms with Crippen molar-refractivity contribution >= 4 is 16.7 Å². The van der Waals surface area contributed by atoms with Gasteiger partial charge >= 0.3 is 5.63 Å². The van der Waals surface area contributed by atoms with E-state index in [2.05, 4.69) is 9.97 Å². The lowest BCUT2D eigenvalue weighted by Crippen LogP contribution is -2.02. The van der Waals surface area contributed by atoms with E-state index < -0.39 is 5.63 Å². The number of hydrogen-bond acceptors (Lipinski definition) is 4. The second-order valence-corrected chi connectivity index (χ2v) is 4.89. The van der Waals surface area contributed by atoms with Crippen molar-refractivity contribution in [2.45, 2.75) is 6.92 Å². The largest absolute Gasteiger partial charge is 0.422 e. The van der Waals surface area contributed by atoms with Gasteiger partial charge in [-0.1, -0.05) is 18.2 Å². The number of hydrogen-bond donors (Lipinski definition) is 0. The van der Waals surface area contributed by atoms with Gasteiger partial charge in [0.05, 0.1) is 11.3 Å². The van der Waals surface area contributed by atoms with Crippen LogP contribution in [0.15, 0.2) is 58.0 Å². The standard InChI is InChI=1S/C16H11N3O2/c1-10-6-7-19-9-13(18-16(19)17-10)12-8-11-4-2-3-5-14(11)21-15(12)20/h2-9H,1H3. The van der Waals surface area contributed by atoms with Crippen LogP contribution < -0.4 is 5.63 Å². The van der Waals surface area contributed by atoms with Crippen LogP contribution in [0.1, 0.15) is 5.69 Å². The van der Waals surface area contributed by atoms with Crippen LogP contribution >= 0.6 is 0 Å². The van der Waals surface area contributed by atoms with Gasteiger partial charge in [0, 0.05) is 23.5 Å². The molecule has 0 aliphatic heterocycles. The highest BCUT2D eigenvalue weighted by Gasteiger charge is 2.12. The van der Waals surface area contributed by atoms with Gasteiger partial charge < -0.3 is 4.42 Å². The third kappa shape index (κ3) is 1.90. The minimum atomic E-state index is -0.395. The molecular weight excluding hydrogens is 266 g/mol. The third-order valence-corrected chi connectivity index (χ3v) is 3.38. The van der Waals surface area contributed by atoms with Crippen molar-refractivity contribution in [3.05, 3.63) is 64.9 Å². The van der Waals surface area contributed by atoms with E-state index in [4.69, 9.17) is 4.42 Å². The van der Waals surface area contributed by atoms with Crippen molar-refractivity contribution in [3.63, 3.8) is 0 Å². The molecular formula is C16H11N3O2. The summed E-state index contributed by atoms with van der Waals surface area (Å²) in [6, 6.07) is 11.1. The number of nitrogens with zero attached hydrogens (tertiary/aromatic N) is 3. The molecule has 5 nitrogen and oxygen atoms in total. The van der Waals surface area contributed by atoms with Crippen LogP contribution in [0, 0.1) is 6.92 Å². The van der Waals surface area contributed by atoms with Gasteiger partial charge in [-0.25, -0.2) is 14.8 Å². The molecule has 4 rings (SSSR count). The Kier molecular flexibility index (Phi) is 2.41. The predicted octanol–water partition coefficient (Wildman–Crippen LogP) is 2.81. The van der Waals surface area contributed by atoms with Gasteiger partial charge in [-0.15, -0.1) is 0 Å². The maximum atomic E-state index is 12.1. The highest BCUT2D eigenvalue weighted by molar-refractivity contribution is 5.81. The Hall–Kier alpha value is -2.95. The highest BCUT2D eigenvalue weighted by Crippen LogP contribution is 2.20. The first-order valence-electron chi connectivity index (χ1n) is 6.56. The van der Waals surface area contributed by atoms with Crippen LogP contribution in [0.4, 0.5) is 0 Å². The van der Waals surface area contributed by atoms with E-state index in [9.17, 15) is 4.79 Å². The zero-order valence-corrected chi connectivity index (χ0v) is 11.3. The van der Waals surface area contributed by atoms with Crippen LogP contribution in [0.2, 0.25) is 0 Å². The monoisotopic (exact) mass is 277 g/mol. The van der Waals surface area contributed by atoms with Gasteiger partial charge in [-0.05, 0) is 25.1 Å². The minimum Gasteiger partial charge on any atom is -0.422 e. The van der Waals surface area contributed by atoms with Crippen molar-refractivity contribution in [1.29, 1.82) is 0 Å². The molecule has 102 valence electrons. The van der Waals surface area contributed by atoms with E-state index in [1.165, 1.54) is 0 Å². The van der Waals surface area contributed by atoms with Gasteiger partial charge in [-0.3, -0.25) is 4.40 Å². The van der Waals surface area contributed by atoms with Crippen LogP contribution in [-0.2, 0) is 0 Å². The molecule has 0 aliphatic rings. The van der Waals surface area contributed by atoms with E-state index in [0.29, 0.717) is 22.6 Å². The molecule has 0 aliphatic carbocycles. The zero-order valence-electron chi connectivity index (χ0n) is 11.3. The summed E-state index contributed by atoms with van der Waals surface area (Å²) in [5.74, 6) is 0.567. The lowest BCUT2D eigenvalue weighted by molar-refractivity contribution is 0.563. The summed E-state index contributed by atoms with van der Waals surface area (Å²) in [6.07, 6.45) is 3.65. The number of benzene rings is 1. The molecule has 0 radical (unpaired) electrons. The number of aromatic nitrogens is 3. The molecule has 0 atom stereocenters. The smallest absolute Gasteiger partial charge is 0.345 e. The average Bonchev–Trinajstić information content (AvgIpc) is 2.89. The van der Waals surface area contributed by atoms with E-state index >= 15 is 0 Å². The lowest BCUT2D eigenvalue weighted by Gasteiger charge is -1.98. The minimum absolute atomic E-state index is 0.395. The van der Waals surface area contributed by atoms with Gasteiger partial charge in [0.1, 0.15) is 5.58 Å². The molecule has 0 saturated carbocycles. The van der Waals surface area contributed by atoms with E-state index in [1.807, 2.05) is 37.4 Å². The fourth-order valence-electron chi connectivity index (χ4n) is 2.33. The first-order valence-corrected chi connectivity index (χ1v) is 6.56. The first-order chi connectivity index (χ1) is 10.2. The van der Waals surface area contributed by atoms with Gasteiger partial charge in [0.15, 0.2) is 0 Å². The van der Waals surface area contributed by atoms with Crippen LogP contribution in [0.25, 0.3) is 28.0 Å². The Balaban J connectivity index is 1.99. The molecule has 4 aromatic rings. The quantitative estimate of drug-likeness (QED) is 0.502. The molecule has 21 heavy (non-hydrogen) atoms. The topological polar surface area (TPSA) is 60.4 Å². The molecule has 0 bridgehead atoms. The second kappa shape index (κ2) is 4.28. The Labute approximate surface area is 119 Å². The predicted molar refractivity (Wildman–Crippen MR) is 79.2 cm³/mol. The number of para-hydroxylation sites is 1. The summed E-state index contributed by atoms with van der Waals surface area (Å²) in [6.45, 7) is 1.90. The average molecular weight is 277 g/mol. The molecule has 0 unspecified atom stereocenters. The Morgan fingerprint density at radius 3 is 2.90 bits per heavy atom. The van der Waals surface area contributed by atoms with Crippen molar-refractivity contribution in [3.8, 4) is 11.3 Å². The molecule has 5 heteroatoms. The summed E-state index contributed by atoms with van der Waals surface area (Å²) in [4.78, 5) is 20.9. The number of rotatable bonds is 1. The SMILES string of the molecule is Cc1ccn2cc(-c3cc4ccccc4oc3=O)nc2n1. The molecule has 3 aromatic heterocycles. The molecule has 0 fully saturated rings. The molecule has 0 amide bonds. The van der Waals surface area contributed by atoms with Crippen LogP contribution in [0.3, 0.4) is 0 Å². The summed E-state index contributed by atoms with van der Waals surface area (Å²) >= 11 is 0. The normalized spacial score (nSPS) is 11.3. The molecule has 0 saturated heterocycles. The summed E-state index contributed by atoms with van der Waals surface area (Å²) in [5, 5.41) is 0.869. The number of aryl methyl sites for hydroxylation is 1. The number of fused-ring (bicyclic) bond motifs is 2. The van der Waals surface area contributed by atoms with E-state index in [1.54, 1.807) is 22.7 Å². The highest BCUT2D eigenvalue weighted by atomic mass is 16.4. The lowest BCUT2D eigenvalue weighted by atomic mass is 10.1. The zero-order chi connectivity index (χ0) is 14.4. The van der Waals surface area contributed by atoms with Crippen molar-refractivity contribution in [2.24, 2.45) is 0 Å². The van der Waals surface area contributed by atoms with Crippen molar-refractivity contribution < 1.29 is 4.42 Å². The molecule has 3 heterocycles. The number of imidazole rings is 1. The maximum absolute atomic E-state index is 12.1. The summed E-state index contributed by atoms with van der Waals surface area (Å²) in [7, 11) is 0.